The highest BCUT2D eigenvalue weighted by Crippen LogP contribution is 2.22. The summed E-state index contributed by atoms with van der Waals surface area (Å²) in [7, 11) is 0. The second-order valence-electron chi connectivity index (χ2n) is 6.25. The maximum atomic E-state index is 12.7. The molecular weight excluding hydrogens is 304 g/mol. The van der Waals surface area contributed by atoms with Crippen molar-refractivity contribution in [3.63, 3.8) is 0 Å². The molecule has 0 aliphatic carbocycles. The first-order valence-electron chi connectivity index (χ1n) is 8.24. The van der Waals surface area contributed by atoms with Crippen LogP contribution in [0.25, 0.3) is 11.1 Å². The summed E-state index contributed by atoms with van der Waals surface area (Å²) in [6.45, 7) is 3.00. The molecule has 0 saturated carbocycles. The van der Waals surface area contributed by atoms with E-state index < -0.39 is 0 Å². The van der Waals surface area contributed by atoms with Gasteiger partial charge < -0.3 is 10.6 Å². The number of nitrogens with zero attached hydrogens (tertiary/aromatic N) is 3. The number of likely N-dealkylation sites (tertiary alicyclic amines) is 1. The average molecular weight is 326 g/mol. The summed E-state index contributed by atoms with van der Waals surface area (Å²) in [4.78, 5) is 25.7. The minimum Gasteiger partial charge on any atom is -0.369 e. The van der Waals surface area contributed by atoms with Crippen LogP contribution in [0.3, 0.4) is 0 Å². The van der Waals surface area contributed by atoms with Gasteiger partial charge in [-0.05, 0) is 25.3 Å². The molecule has 126 valence electrons. The van der Waals surface area contributed by atoms with E-state index in [1.165, 1.54) is 0 Å². The minimum atomic E-state index is -0.368. The van der Waals surface area contributed by atoms with Crippen molar-refractivity contribution in [3.8, 4) is 11.1 Å². The molecule has 0 unspecified atom stereocenters. The lowest BCUT2D eigenvalue weighted by molar-refractivity contribution is -0.137. The van der Waals surface area contributed by atoms with Gasteiger partial charge in [-0.25, -0.2) is 0 Å². The summed E-state index contributed by atoms with van der Waals surface area (Å²) in [6.07, 6.45) is 4.96. The monoisotopic (exact) mass is 326 g/mol. The van der Waals surface area contributed by atoms with Crippen LogP contribution in [0.2, 0.25) is 0 Å². The first-order valence-corrected chi connectivity index (χ1v) is 8.24. The predicted molar refractivity (Wildman–Crippen MR) is 90.9 cm³/mol. The number of hydrogen-bond donors (Lipinski definition) is 1. The number of carbonyl (C=O) groups excluding carboxylic acids is 2. The molecule has 0 radical (unpaired) electrons. The molecule has 1 fully saturated rings. The fourth-order valence-corrected chi connectivity index (χ4v) is 3.09. The van der Waals surface area contributed by atoms with Crippen molar-refractivity contribution < 1.29 is 9.59 Å². The van der Waals surface area contributed by atoms with E-state index >= 15 is 0 Å². The van der Waals surface area contributed by atoms with E-state index in [1.54, 1.807) is 15.8 Å². The van der Waals surface area contributed by atoms with Gasteiger partial charge in [0, 0.05) is 30.8 Å². The third-order valence-corrected chi connectivity index (χ3v) is 4.67. The lowest BCUT2D eigenvalue weighted by Crippen LogP contribution is -2.44. The minimum absolute atomic E-state index is 0.0284. The molecule has 1 atom stereocenters. The van der Waals surface area contributed by atoms with E-state index in [9.17, 15) is 9.59 Å². The molecule has 2 aromatic rings. The Kier molecular flexibility index (Phi) is 4.64. The van der Waals surface area contributed by atoms with Crippen LogP contribution in [0, 0.1) is 5.92 Å². The Bertz CT molecular complexity index is 718. The number of amides is 2. The van der Waals surface area contributed by atoms with Crippen LogP contribution < -0.4 is 5.73 Å². The maximum absolute atomic E-state index is 12.7. The number of piperidine rings is 1. The van der Waals surface area contributed by atoms with Gasteiger partial charge in [0.15, 0.2) is 0 Å². The molecule has 1 aliphatic heterocycles. The Morgan fingerprint density at radius 2 is 1.83 bits per heavy atom. The van der Waals surface area contributed by atoms with Crippen LogP contribution in [-0.2, 0) is 9.59 Å². The van der Waals surface area contributed by atoms with Crippen LogP contribution in [-0.4, -0.2) is 39.6 Å². The number of aromatic nitrogens is 2. The Morgan fingerprint density at radius 3 is 2.46 bits per heavy atom. The first-order chi connectivity index (χ1) is 11.6. The van der Waals surface area contributed by atoms with Crippen molar-refractivity contribution in [2.24, 2.45) is 11.7 Å². The predicted octanol–water partition coefficient (Wildman–Crippen LogP) is 1.83. The molecule has 1 saturated heterocycles. The quantitative estimate of drug-likeness (QED) is 0.931. The van der Waals surface area contributed by atoms with E-state index in [0.717, 1.165) is 11.1 Å². The molecule has 2 amide bonds. The molecule has 1 aliphatic rings. The number of carbonyl (C=O) groups is 2. The molecule has 2 heterocycles. The Balaban J connectivity index is 1.66. The van der Waals surface area contributed by atoms with Crippen LogP contribution in [0.4, 0.5) is 0 Å². The summed E-state index contributed by atoms with van der Waals surface area (Å²) in [5.74, 6) is -0.353. The smallest absolute Gasteiger partial charge is 0.247 e. The standard InChI is InChI=1S/C18H22N4O2/c1-13(18(24)21-9-7-15(8-10-21)17(19)23)22-12-16(11-20-22)14-5-3-2-4-6-14/h2-6,11-13,15H,7-10H2,1H3,(H2,19,23)/t13-/m0/s1. The average Bonchev–Trinajstić information content (AvgIpc) is 3.11. The Morgan fingerprint density at radius 1 is 1.17 bits per heavy atom. The zero-order valence-electron chi connectivity index (χ0n) is 13.8. The fourth-order valence-electron chi connectivity index (χ4n) is 3.09. The molecule has 1 aromatic heterocycles. The Hall–Kier alpha value is -2.63. The zero-order chi connectivity index (χ0) is 17.1. The van der Waals surface area contributed by atoms with Gasteiger partial charge in [-0.15, -0.1) is 0 Å². The van der Waals surface area contributed by atoms with E-state index in [0.29, 0.717) is 25.9 Å². The molecule has 24 heavy (non-hydrogen) atoms. The van der Waals surface area contributed by atoms with Crippen molar-refractivity contribution in [1.82, 2.24) is 14.7 Å². The van der Waals surface area contributed by atoms with Crippen LogP contribution in [0.15, 0.2) is 42.7 Å². The van der Waals surface area contributed by atoms with Crippen LogP contribution in [0.1, 0.15) is 25.8 Å². The normalized spacial score (nSPS) is 16.8. The van der Waals surface area contributed by atoms with Crippen molar-refractivity contribution >= 4 is 11.8 Å². The third kappa shape index (κ3) is 3.32. The summed E-state index contributed by atoms with van der Waals surface area (Å²) in [5.41, 5.74) is 7.40. The Labute approximate surface area is 141 Å². The van der Waals surface area contributed by atoms with Gasteiger partial charge in [0.1, 0.15) is 6.04 Å². The van der Waals surface area contributed by atoms with Crippen LogP contribution >= 0.6 is 0 Å². The largest absolute Gasteiger partial charge is 0.369 e. The van der Waals surface area contributed by atoms with E-state index in [1.807, 2.05) is 43.5 Å². The number of benzene rings is 1. The number of hydrogen-bond acceptors (Lipinski definition) is 3. The lowest BCUT2D eigenvalue weighted by atomic mass is 9.96. The molecule has 0 bridgehead atoms. The molecule has 6 nitrogen and oxygen atoms in total. The summed E-state index contributed by atoms with van der Waals surface area (Å²) < 4.78 is 1.70. The SMILES string of the molecule is C[C@@H](C(=O)N1CCC(C(N)=O)CC1)n1cc(-c2ccccc2)cn1. The van der Waals surface area contributed by atoms with Gasteiger partial charge in [0.05, 0.1) is 6.20 Å². The van der Waals surface area contributed by atoms with E-state index in [2.05, 4.69) is 5.10 Å². The van der Waals surface area contributed by atoms with Crippen molar-refractivity contribution in [1.29, 1.82) is 0 Å². The highest BCUT2D eigenvalue weighted by atomic mass is 16.2. The van der Waals surface area contributed by atoms with Gasteiger partial charge >= 0.3 is 0 Å². The molecule has 0 spiro atoms. The molecule has 6 heteroatoms. The molecule has 2 N–H and O–H groups in total. The van der Waals surface area contributed by atoms with Gasteiger partial charge in [-0.3, -0.25) is 14.3 Å². The first kappa shape index (κ1) is 16.2. The fraction of sp³-hybridized carbons (Fsp3) is 0.389. The van der Waals surface area contributed by atoms with Gasteiger partial charge in [-0.1, -0.05) is 30.3 Å². The molecular formula is C18H22N4O2. The molecule has 3 rings (SSSR count). The number of primary amides is 1. The van der Waals surface area contributed by atoms with Gasteiger partial charge in [0.25, 0.3) is 0 Å². The summed E-state index contributed by atoms with van der Waals surface area (Å²) in [6, 6.07) is 9.59. The second kappa shape index (κ2) is 6.86. The van der Waals surface area contributed by atoms with Gasteiger partial charge in [-0.2, -0.15) is 5.10 Å². The topological polar surface area (TPSA) is 81.2 Å². The number of nitrogens with two attached hydrogens (primary N) is 1. The molecule has 1 aromatic carbocycles. The van der Waals surface area contributed by atoms with Crippen molar-refractivity contribution in [2.45, 2.75) is 25.8 Å². The van der Waals surface area contributed by atoms with E-state index in [4.69, 9.17) is 5.73 Å². The highest BCUT2D eigenvalue weighted by Gasteiger charge is 2.29. The summed E-state index contributed by atoms with van der Waals surface area (Å²) in [5, 5.41) is 4.35. The van der Waals surface area contributed by atoms with Crippen LogP contribution in [0.5, 0.6) is 0 Å². The lowest BCUT2D eigenvalue weighted by Gasteiger charge is -2.32. The number of rotatable bonds is 4. The maximum Gasteiger partial charge on any atom is 0.247 e. The summed E-state index contributed by atoms with van der Waals surface area (Å²) >= 11 is 0. The van der Waals surface area contributed by atoms with Crippen molar-refractivity contribution in [2.75, 3.05) is 13.1 Å². The second-order valence-corrected chi connectivity index (χ2v) is 6.25. The highest BCUT2D eigenvalue weighted by molar-refractivity contribution is 5.81. The van der Waals surface area contributed by atoms with E-state index in [-0.39, 0.29) is 23.8 Å². The third-order valence-electron chi connectivity index (χ3n) is 4.67. The van der Waals surface area contributed by atoms with Crippen molar-refractivity contribution in [3.05, 3.63) is 42.7 Å². The van der Waals surface area contributed by atoms with Gasteiger partial charge in [0.2, 0.25) is 11.8 Å². The zero-order valence-corrected chi connectivity index (χ0v) is 13.8.